The van der Waals surface area contributed by atoms with Gasteiger partial charge in [-0.1, -0.05) is 23.7 Å². The standard InChI is InChI=1S/C15H14ClFN2O2/c1-2-21-15(20)9-5-3-8-12(14(9)18)19-11-7-4-6-10(16)13(11)17/h3-8,19H,2,18H2,1H3. The third kappa shape index (κ3) is 3.25. The molecular weight excluding hydrogens is 295 g/mol. The Bertz CT molecular complexity index is 677. The third-order valence-electron chi connectivity index (χ3n) is 2.82. The highest BCUT2D eigenvalue weighted by Gasteiger charge is 2.14. The summed E-state index contributed by atoms with van der Waals surface area (Å²) in [7, 11) is 0. The molecule has 0 atom stereocenters. The highest BCUT2D eigenvalue weighted by molar-refractivity contribution is 6.31. The fourth-order valence-corrected chi connectivity index (χ4v) is 1.98. The zero-order valence-electron chi connectivity index (χ0n) is 11.3. The van der Waals surface area contributed by atoms with E-state index in [1.807, 2.05) is 0 Å². The summed E-state index contributed by atoms with van der Waals surface area (Å²) in [6, 6.07) is 9.40. The summed E-state index contributed by atoms with van der Waals surface area (Å²) in [5.74, 6) is -1.11. The molecule has 4 nitrogen and oxygen atoms in total. The van der Waals surface area contributed by atoms with E-state index in [-0.39, 0.29) is 28.6 Å². The van der Waals surface area contributed by atoms with Crippen LogP contribution in [0, 0.1) is 5.82 Å². The summed E-state index contributed by atoms with van der Waals surface area (Å²) in [4.78, 5) is 11.8. The minimum absolute atomic E-state index is 0.000110. The van der Waals surface area contributed by atoms with Gasteiger partial charge in [0.15, 0.2) is 5.82 Å². The summed E-state index contributed by atoms with van der Waals surface area (Å²) in [5.41, 5.74) is 6.93. The summed E-state index contributed by atoms with van der Waals surface area (Å²) in [6.45, 7) is 1.95. The molecule has 0 fully saturated rings. The first-order valence-corrected chi connectivity index (χ1v) is 6.69. The molecular formula is C15H14ClFN2O2. The fraction of sp³-hybridized carbons (Fsp3) is 0.133. The molecule has 0 heterocycles. The maximum Gasteiger partial charge on any atom is 0.340 e. The van der Waals surface area contributed by atoms with Crippen LogP contribution in [-0.4, -0.2) is 12.6 Å². The zero-order valence-corrected chi connectivity index (χ0v) is 12.1. The number of nitrogen functional groups attached to an aromatic ring is 1. The molecule has 0 unspecified atom stereocenters. The molecule has 0 aliphatic rings. The van der Waals surface area contributed by atoms with E-state index in [9.17, 15) is 9.18 Å². The average molecular weight is 309 g/mol. The first kappa shape index (κ1) is 15.1. The molecule has 0 aliphatic carbocycles. The van der Waals surface area contributed by atoms with Gasteiger partial charge in [-0.2, -0.15) is 0 Å². The van der Waals surface area contributed by atoms with Crippen molar-refractivity contribution in [2.24, 2.45) is 0 Å². The van der Waals surface area contributed by atoms with E-state index >= 15 is 0 Å². The van der Waals surface area contributed by atoms with Gasteiger partial charge in [0.1, 0.15) is 0 Å². The Hall–Kier alpha value is -2.27. The Kier molecular flexibility index (Phi) is 4.65. The molecule has 0 saturated heterocycles. The number of carbonyl (C=O) groups is 1. The predicted octanol–water partition coefficient (Wildman–Crippen LogP) is 3.98. The molecule has 0 saturated carbocycles. The van der Waals surface area contributed by atoms with Crippen LogP contribution in [0.4, 0.5) is 21.5 Å². The van der Waals surface area contributed by atoms with Crippen molar-refractivity contribution in [3.8, 4) is 0 Å². The molecule has 2 aromatic carbocycles. The van der Waals surface area contributed by atoms with E-state index in [0.717, 1.165) is 0 Å². The summed E-state index contributed by atoms with van der Waals surface area (Å²) >= 11 is 5.72. The predicted molar refractivity (Wildman–Crippen MR) is 81.5 cm³/mol. The van der Waals surface area contributed by atoms with Crippen LogP contribution in [-0.2, 0) is 4.74 Å². The third-order valence-corrected chi connectivity index (χ3v) is 3.11. The number of hydrogen-bond donors (Lipinski definition) is 2. The van der Waals surface area contributed by atoms with Crippen molar-refractivity contribution in [3.63, 3.8) is 0 Å². The molecule has 2 rings (SSSR count). The SMILES string of the molecule is CCOC(=O)c1cccc(Nc2cccc(Cl)c2F)c1N. The van der Waals surface area contributed by atoms with Crippen molar-refractivity contribution in [1.29, 1.82) is 0 Å². The second-order valence-electron chi connectivity index (χ2n) is 4.21. The van der Waals surface area contributed by atoms with Gasteiger partial charge in [0, 0.05) is 0 Å². The van der Waals surface area contributed by atoms with Crippen molar-refractivity contribution in [1.82, 2.24) is 0 Å². The molecule has 2 aromatic rings. The molecule has 6 heteroatoms. The van der Waals surface area contributed by atoms with Crippen molar-refractivity contribution in [2.75, 3.05) is 17.7 Å². The minimum Gasteiger partial charge on any atom is -0.462 e. The lowest BCUT2D eigenvalue weighted by molar-refractivity contribution is 0.0527. The number of nitrogens with two attached hydrogens (primary N) is 1. The highest BCUT2D eigenvalue weighted by atomic mass is 35.5. The Balaban J connectivity index is 2.35. The van der Waals surface area contributed by atoms with Crippen LogP contribution in [0.15, 0.2) is 36.4 Å². The molecule has 0 radical (unpaired) electrons. The largest absolute Gasteiger partial charge is 0.462 e. The maximum atomic E-state index is 13.9. The Labute approximate surface area is 126 Å². The number of benzene rings is 2. The second kappa shape index (κ2) is 6.45. The van der Waals surface area contributed by atoms with Gasteiger partial charge in [0.25, 0.3) is 0 Å². The van der Waals surface area contributed by atoms with Crippen LogP contribution in [0.3, 0.4) is 0 Å². The van der Waals surface area contributed by atoms with Gasteiger partial charge in [-0.15, -0.1) is 0 Å². The molecule has 0 aromatic heterocycles. The number of anilines is 3. The molecule has 0 bridgehead atoms. The van der Waals surface area contributed by atoms with Gasteiger partial charge < -0.3 is 15.8 Å². The number of para-hydroxylation sites is 1. The lowest BCUT2D eigenvalue weighted by Gasteiger charge is -2.13. The van der Waals surface area contributed by atoms with Gasteiger partial charge in [-0.25, -0.2) is 9.18 Å². The van der Waals surface area contributed by atoms with Crippen LogP contribution in [0.25, 0.3) is 0 Å². The normalized spacial score (nSPS) is 10.2. The smallest absolute Gasteiger partial charge is 0.340 e. The van der Waals surface area contributed by atoms with Crippen LogP contribution < -0.4 is 11.1 Å². The van der Waals surface area contributed by atoms with Crippen molar-refractivity contribution in [2.45, 2.75) is 6.92 Å². The number of esters is 1. The Morgan fingerprint density at radius 1 is 1.29 bits per heavy atom. The summed E-state index contributed by atoms with van der Waals surface area (Å²) < 4.78 is 18.8. The van der Waals surface area contributed by atoms with E-state index in [1.165, 1.54) is 12.1 Å². The van der Waals surface area contributed by atoms with Crippen molar-refractivity contribution >= 4 is 34.6 Å². The van der Waals surface area contributed by atoms with Gasteiger partial charge in [0.05, 0.1) is 34.3 Å². The lowest BCUT2D eigenvalue weighted by Crippen LogP contribution is -2.09. The fourth-order valence-electron chi connectivity index (χ4n) is 1.81. The minimum atomic E-state index is -0.583. The summed E-state index contributed by atoms with van der Waals surface area (Å²) in [5, 5.41) is 2.83. The quantitative estimate of drug-likeness (QED) is 0.662. The van der Waals surface area contributed by atoms with Crippen LogP contribution in [0.1, 0.15) is 17.3 Å². The van der Waals surface area contributed by atoms with Gasteiger partial charge in [-0.3, -0.25) is 0 Å². The molecule has 110 valence electrons. The number of nitrogens with one attached hydrogen (secondary N) is 1. The maximum absolute atomic E-state index is 13.9. The van der Waals surface area contributed by atoms with E-state index in [2.05, 4.69) is 5.32 Å². The van der Waals surface area contributed by atoms with Crippen LogP contribution in [0.5, 0.6) is 0 Å². The summed E-state index contributed by atoms with van der Waals surface area (Å²) in [6.07, 6.45) is 0. The van der Waals surface area contributed by atoms with Gasteiger partial charge in [-0.05, 0) is 31.2 Å². The molecule has 0 aliphatic heterocycles. The lowest BCUT2D eigenvalue weighted by atomic mass is 10.1. The average Bonchev–Trinajstić information content (AvgIpc) is 2.46. The number of carbonyl (C=O) groups excluding carboxylic acids is 1. The number of halogens is 2. The number of ether oxygens (including phenoxy) is 1. The molecule has 0 spiro atoms. The van der Waals surface area contributed by atoms with Crippen LogP contribution in [0.2, 0.25) is 5.02 Å². The van der Waals surface area contributed by atoms with Gasteiger partial charge >= 0.3 is 5.97 Å². The Morgan fingerprint density at radius 3 is 2.67 bits per heavy atom. The van der Waals surface area contributed by atoms with E-state index in [0.29, 0.717) is 5.69 Å². The molecule has 3 N–H and O–H groups in total. The number of rotatable bonds is 4. The van der Waals surface area contributed by atoms with Crippen molar-refractivity contribution < 1.29 is 13.9 Å². The van der Waals surface area contributed by atoms with Crippen molar-refractivity contribution in [3.05, 3.63) is 52.8 Å². The second-order valence-corrected chi connectivity index (χ2v) is 4.62. The zero-order chi connectivity index (χ0) is 15.4. The Morgan fingerprint density at radius 2 is 1.95 bits per heavy atom. The van der Waals surface area contributed by atoms with E-state index in [1.54, 1.807) is 31.2 Å². The molecule has 0 amide bonds. The highest BCUT2D eigenvalue weighted by Crippen LogP contribution is 2.30. The number of hydrogen-bond acceptors (Lipinski definition) is 4. The monoisotopic (exact) mass is 308 g/mol. The molecule has 21 heavy (non-hydrogen) atoms. The van der Waals surface area contributed by atoms with E-state index < -0.39 is 11.8 Å². The van der Waals surface area contributed by atoms with Crippen LogP contribution >= 0.6 is 11.6 Å². The van der Waals surface area contributed by atoms with E-state index in [4.69, 9.17) is 22.1 Å². The first-order chi connectivity index (χ1) is 10.0. The first-order valence-electron chi connectivity index (χ1n) is 6.31. The van der Waals surface area contributed by atoms with Gasteiger partial charge in [0.2, 0.25) is 0 Å². The topological polar surface area (TPSA) is 64.3 Å².